The molecule has 0 radical (unpaired) electrons. The minimum Gasteiger partial charge on any atom is -0.465 e. The minimum absolute atomic E-state index is 0.103. The van der Waals surface area contributed by atoms with Crippen LogP contribution in [0.15, 0.2) is 24.3 Å². The molecular formula is C14H14N2O4. The van der Waals surface area contributed by atoms with Crippen LogP contribution in [0.4, 0.5) is 5.69 Å². The van der Waals surface area contributed by atoms with E-state index >= 15 is 0 Å². The number of amides is 1. The number of esters is 1. The molecule has 1 amide bonds. The summed E-state index contributed by atoms with van der Waals surface area (Å²) in [6.07, 6.45) is 0. The lowest BCUT2D eigenvalue weighted by Gasteiger charge is -2.08. The maximum absolute atomic E-state index is 12.0. The molecule has 1 N–H and O–H groups in total. The Kier molecular flexibility index (Phi) is 5.42. The van der Waals surface area contributed by atoms with Crippen molar-refractivity contribution >= 4 is 23.3 Å². The summed E-state index contributed by atoms with van der Waals surface area (Å²) >= 11 is 0. The van der Waals surface area contributed by atoms with Gasteiger partial charge in [-0.05, 0) is 31.2 Å². The second-order valence-corrected chi connectivity index (χ2v) is 3.94. The number of hydrogen-bond donors (Lipinski definition) is 1. The van der Waals surface area contributed by atoms with Crippen molar-refractivity contribution in [1.82, 2.24) is 0 Å². The Morgan fingerprint density at radius 2 is 1.90 bits per heavy atom. The third-order valence-electron chi connectivity index (χ3n) is 2.40. The highest BCUT2D eigenvalue weighted by Crippen LogP contribution is 2.14. The van der Waals surface area contributed by atoms with E-state index in [0.29, 0.717) is 5.69 Å². The first-order valence-corrected chi connectivity index (χ1v) is 5.97. The van der Waals surface area contributed by atoms with E-state index in [4.69, 9.17) is 5.26 Å². The molecule has 6 nitrogen and oxygen atoms in total. The van der Waals surface area contributed by atoms with Gasteiger partial charge in [-0.15, -0.1) is 0 Å². The predicted octanol–water partition coefficient (Wildman–Crippen LogP) is 1.53. The fourth-order valence-electron chi connectivity index (χ4n) is 1.53. The van der Waals surface area contributed by atoms with Crippen LogP contribution < -0.4 is 5.32 Å². The summed E-state index contributed by atoms with van der Waals surface area (Å²) in [6, 6.07) is 7.57. The highest BCUT2D eigenvalue weighted by Gasteiger charge is 2.28. The maximum atomic E-state index is 12.0. The van der Waals surface area contributed by atoms with Gasteiger partial charge in [0.25, 0.3) is 0 Å². The summed E-state index contributed by atoms with van der Waals surface area (Å²) in [5.74, 6) is -3.18. The monoisotopic (exact) mass is 274 g/mol. The second kappa shape index (κ2) is 7.04. The zero-order valence-electron chi connectivity index (χ0n) is 11.2. The number of nitrogens with zero attached hydrogens (tertiary/aromatic N) is 1. The van der Waals surface area contributed by atoms with E-state index in [1.165, 1.54) is 31.2 Å². The van der Waals surface area contributed by atoms with E-state index in [9.17, 15) is 14.4 Å². The Morgan fingerprint density at radius 3 is 2.35 bits per heavy atom. The molecule has 0 aliphatic rings. The van der Waals surface area contributed by atoms with Gasteiger partial charge in [0, 0.05) is 18.2 Å². The van der Waals surface area contributed by atoms with Crippen LogP contribution >= 0.6 is 0 Å². The van der Waals surface area contributed by atoms with Crippen molar-refractivity contribution < 1.29 is 19.1 Å². The zero-order chi connectivity index (χ0) is 15.1. The number of ether oxygens (including phenoxy) is 1. The summed E-state index contributed by atoms with van der Waals surface area (Å²) < 4.78 is 4.67. The fourth-order valence-corrected chi connectivity index (χ4v) is 1.53. The van der Waals surface area contributed by atoms with Crippen LogP contribution in [0.3, 0.4) is 0 Å². The number of carbonyl (C=O) groups is 3. The molecule has 0 saturated carbocycles. The maximum Gasteiger partial charge on any atom is 0.331 e. The molecule has 0 aromatic heterocycles. The van der Waals surface area contributed by atoms with Crippen molar-refractivity contribution in [2.45, 2.75) is 13.8 Å². The number of hydrogen-bond acceptors (Lipinski definition) is 5. The standard InChI is InChI=1S/C14H14N2O4/c1-3-20-14(19)12(8-15)13(18)10-4-6-11(7-5-10)16-9(2)17/h4-7,12H,3H2,1-2H3,(H,16,17)/t12-/m0/s1. The van der Waals surface area contributed by atoms with Crippen LogP contribution in [-0.4, -0.2) is 24.3 Å². The quantitative estimate of drug-likeness (QED) is 0.499. The number of anilines is 1. The van der Waals surface area contributed by atoms with E-state index in [1.54, 1.807) is 13.0 Å². The van der Waals surface area contributed by atoms with Gasteiger partial charge >= 0.3 is 5.97 Å². The van der Waals surface area contributed by atoms with Crippen molar-refractivity contribution in [2.24, 2.45) is 5.92 Å². The number of carbonyl (C=O) groups excluding carboxylic acids is 3. The van der Waals surface area contributed by atoms with Gasteiger partial charge in [-0.3, -0.25) is 14.4 Å². The summed E-state index contributed by atoms with van der Waals surface area (Å²) in [4.78, 5) is 34.4. The molecule has 0 unspecified atom stereocenters. The van der Waals surface area contributed by atoms with Gasteiger partial charge in [0.1, 0.15) is 0 Å². The van der Waals surface area contributed by atoms with E-state index in [0.717, 1.165) is 0 Å². The smallest absolute Gasteiger partial charge is 0.331 e. The van der Waals surface area contributed by atoms with E-state index in [-0.39, 0.29) is 18.1 Å². The van der Waals surface area contributed by atoms with Gasteiger partial charge in [-0.2, -0.15) is 5.26 Å². The Morgan fingerprint density at radius 1 is 1.30 bits per heavy atom. The molecule has 0 bridgehead atoms. The van der Waals surface area contributed by atoms with Gasteiger partial charge in [0.2, 0.25) is 11.8 Å². The Hall–Kier alpha value is -2.68. The molecule has 104 valence electrons. The van der Waals surface area contributed by atoms with Crippen molar-refractivity contribution in [3.8, 4) is 6.07 Å². The lowest BCUT2D eigenvalue weighted by molar-refractivity contribution is -0.144. The van der Waals surface area contributed by atoms with Crippen molar-refractivity contribution in [2.75, 3.05) is 11.9 Å². The molecule has 6 heteroatoms. The first kappa shape index (κ1) is 15.4. The normalized spacial score (nSPS) is 11.1. The van der Waals surface area contributed by atoms with Crippen LogP contribution in [0.5, 0.6) is 0 Å². The number of nitrogens with one attached hydrogen (secondary N) is 1. The second-order valence-electron chi connectivity index (χ2n) is 3.94. The lowest BCUT2D eigenvalue weighted by atomic mass is 9.99. The Bertz CT molecular complexity index is 558. The van der Waals surface area contributed by atoms with Gasteiger partial charge in [0.05, 0.1) is 12.7 Å². The molecule has 0 heterocycles. The van der Waals surface area contributed by atoms with Crippen LogP contribution in [-0.2, 0) is 14.3 Å². The van der Waals surface area contributed by atoms with Crippen molar-refractivity contribution in [3.63, 3.8) is 0 Å². The fraction of sp³-hybridized carbons (Fsp3) is 0.286. The molecule has 1 rings (SSSR count). The van der Waals surface area contributed by atoms with E-state index in [2.05, 4.69) is 10.1 Å². The first-order valence-electron chi connectivity index (χ1n) is 5.97. The Balaban J connectivity index is 2.88. The average molecular weight is 274 g/mol. The number of nitriles is 1. The lowest BCUT2D eigenvalue weighted by Crippen LogP contribution is -2.25. The topological polar surface area (TPSA) is 96.3 Å². The molecule has 0 aliphatic carbocycles. The van der Waals surface area contributed by atoms with Gasteiger partial charge in [-0.25, -0.2) is 0 Å². The highest BCUT2D eigenvalue weighted by molar-refractivity contribution is 6.10. The molecular weight excluding hydrogens is 260 g/mol. The minimum atomic E-state index is -1.47. The van der Waals surface area contributed by atoms with Crippen molar-refractivity contribution in [3.05, 3.63) is 29.8 Å². The number of Topliss-reactive ketones (excluding diaryl/α,β-unsaturated/α-hetero) is 1. The van der Waals surface area contributed by atoms with E-state index < -0.39 is 17.7 Å². The van der Waals surface area contributed by atoms with Crippen molar-refractivity contribution in [1.29, 1.82) is 5.26 Å². The molecule has 0 spiro atoms. The number of rotatable bonds is 5. The largest absolute Gasteiger partial charge is 0.465 e. The number of benzene rings is 1. The first-order chi connectivity index (χ1) is 9.49. The summed E-state index contributed by atoms with van der Waals surface area (Å²) in [5, 5.41) is 11.5. The molecule has 1 aromatic rings. The highest BCUT2D eigenvalue weighted by atomic mass is 16.5. The molecule has 1 atom stereocenters. The summed E-state index contributed by atoms with van der Waals surface area (Å²) in [7, 11) is 0. The average Bonchev–Trinajstić information content (AvgIpc) is 2.40. The van der Waals surface area contributed by atoms with Gasteiger partial charge in [-0.1, -0.05) is 0 Å². The molecule has 20 heavy (non-hydrogen) atoms. The SMILES string of the molecule is CCOC(=O)[C@@H](C#N)C(=O)c1ccc(NC(C)=O)cc1. The molecule has 1 aromatic carbocycles. The summed E-state index contributed by atoms with van der Waals surface area (Å²) in [5.41, 5.74) is 0.734. The molecule has 0 aliphatic heterocycles. The number of ketones is 1. The third-order valence-corrected chi connectivity index (χ3v) is 2.40. The predicted molar refractivity (Wildman–Crippen MR) is 70.8 cm³/mol. The van der Waals surface area contributed by atoms with Crippen LogP contribution in [0.2, 0.25) is 0 Å². The van der Waals surface area contributed by atoms with Crippen LogP contribution in [0, 0.1) is 17.2 Å². The Labute approximate surface area is 116 Å². The van der Waals surface area contributed by atoms with Gasteiger partial charge in [0.15, 0.2) is 5.78 Å². The van der Waals surface area contributed by atoms with E-state index in [1.807, 2.05) is 0 Å². The van der Waals surface area contributed by atoms with Gasteiger partial charge < -0.3 is 10.1 Å². The molecule has 0 saturated heterocycles. The zero-order valence-corrected chi connectivity index (χ0v) is 11.2. The summed E-state index contributed by atoms with van der Waals surface area (Å²) in [6.45, 7) is 3.07. The van der Waals surface area contributed by atoms with Crippen LogP contribution in [0.1, 0.15) is 24.2 Å². The van der Waals surface area contributed by atoms with Crippen LogP contribution in [0.25, 0.3) is 0 Å². The third kappa shape index (κ3) is 3.92. The molecule has 0 fully saturated rings.